The van der Waals surface area contributed by atoms with Gasteiger partial charge >= 0.3 is 6.03 Å². The highest BCUT2D eigenvalue weighted by molar-refractivity contribution is 5.94. The number of ether oxygens (including phenoxy) is 1. The van der Waals surface area contributed by atoms with Gasteiger partial charge in [-0.25, -0.2) is 4.79 Å². The topological polar surface area (TPSA) is 74.8 Å². The quantitative estimate of drug-likeness (QED) is 0.885. The van der Waals surface area contributed by atoms with Crippen molar-refractivity contribution in [2.24, 2.45) is 0 Å². The first-order valence-corrected chi connectivity index (χ1v) is 9.69. The third-order valence-electron chi connectivity index (χ3n) is 5.19. The Balaban J connectivity index is 1.50. The summed E-state index contributed by atoms with van der Waals surface area (Å²) in [6.45, 7) is 1.88. The van der Waals surface area contributed by atoms with E-state index >= 15 is 0 Å². The SMILES string of the molecule is O=C([C@@H]1C[C@H](Oc2cccnc2)CN1C(=O)Nc1ccccc1)N1CCCC1. The lowest BCUT2D eigenvalue weighted by Gasteiger charge is -2.27. The number of likely N-dealkylation sites (tertiary alicyclic amines) is 2. The van der Waals surface area contributed by atoms with Gasteiger partial charge in [-0.3, -0.25) is 9.78 Å². The Morgan fingerprint density at radius 3 is 2.57 bits per heavy atom. The van der Waals surface area contributed by atoms with Crippen LogP contribution in [0.15, 0.2) is 54.9 Å². The van der Waals surface area contributed by atoms with E-state index in [0.29, 0.717) is 24.4 Å². The Morgan fingerprint density at radius 1 is 1.07 bits per heavy atom. The van der Waals surface area contributed by atoms with Crippen molar-refractivity contribution in [2.75, 3.05) is 25.0 Å². The van der Waals surface area contributed by atoms with E-state index in [4.69, 9.17) is 4.74 Å². The van der Waals surface area contributed by atoms with Crippen molar-refractivity contribution in [3.05, 3.63) is 54.9 Å². The number of anilines is 1. The summed E-state index contributed by atoms with van der Waals surface area (Å²) in [7, 11) is 0. The molecule has 2 aromatic rings. The fraction of sp³-hybridized carbons (Fsp3) is 0.381. The number of nitrogens with zero attached hydrogens (tertiary/aromatic N) is 3. The van der Waals surface area contributed by atoms with Crippen molar-refractivity contribution in [1.82, 2.24) is 14.8 Å². The lowest BCUT2D eigenvalue weighted by atomic mass is 10.1. The molecule has 0 saturated carbocycles. The molecule has 7 nitrogen and oxygen atoms in total. The van der Waals surface area contributed by atoms with E-state index in [1.165, 1.54) is 0 Å². The smallest absolute Gasteiger partial charge is 0.322 e. The molecule has 1 aromatic heterocycles. The van der Waals surface area contributed by atoms with Gasteiger partial charge in [-0.1, -0.05) is 18.2 Å². The zero-order valence-electron chi connectivity index (χ0n) is 15.7. The van der Waals surface area contributed by atoms with E-state index in [2.05, 4.69) is 10.3 Å². The van der Waals surface area contributed by atoms with Crippen LogP contribution in [0.4, 0.5) is 10.5 Å². The first kappa shape index (κ1) is 18.3. The maximum atomic E-state index is 13.0. The molecule has 0 unspecified atom stereocenters. The summed E-state index contributed by atoms with van der Waals surface area (Å²) in [4.78, 5) is 33.5. The van der Waals surface area contributed by atoms with Crippen LogP contribution in [-0.4, -0.2) is 58.5 Å². The second kappa shape index (κ2) is 8.29. The van der Waals surface area contributed by atoms with Crippen LogP contribution in [0.5, 0.6) is 5.75 Å². The lowest BCUT2D eigenvalue weighted by molar-refractivity contribution is -0.134. The first-order valence-electron chi connectivity index (χ1n) is 9.69. The minimum absolute atomic E-state index is 0.0120. The van der Waals surface area contributed by atoms with E-state index in [-0.39, 0.29) is 18.0 Å². The van der Waals surface area contributed by atoms with E-state index in [0.717, 1.165) is 25.9 Å². The molecule has 0 spiro atoms. The van der Waals surface area contributed by atoms with Crippen LogP contribution in [0.1, 0.15) is 19.3 Å². The molecule has 0 aliphatic carbocycles. The van der Waals surface area contributed by atoms with Crippen LogP contribution in [0.2, 0.25) is 0 Å². The van der Waals surface area contributed by atoms with Gasteiger partial charge in [0.05, 0.1) is 12.7 Å². The molecule has 2 aliphatic heterocycles. The molecule has 4 rings (SSSR count). The van der Waals surface area contributed by atoms with Gasteiger partial charge in [0.15, 0.2) is 0 Å². The Bertz CT molecular complexity index is 809. The monoisotopic (exact) mass is 380 g/mol. The third-order valence-corrected chi connectivity index (χ3v) is 5.19. The molecule has 1 N–H and O–H groups in total. The predicted molar refractivity (Wildman–Crippen MR) is 105 cm³/mol. The Labute approximate surface area is 164 Å². The summed E-state index contributed by atoms with van der Waals surface area (Å²) in [6, 6.07) is 12.1. The predicted octanol–water partition coefficient (Wildman–Crippen LogP) is 2.76. The molecule has 1 aromatic carbocycles. The molecular formula is C21H24N4O3. The largest absolute Gasteiger partial charge is 0.487 e. The van der Waals surface area contributed by atoms with Crippen LogP contribution >= 0.6 is 0 Å². The number of para-hydroxylation sites is 1. The van der Waals surface area contributed by atoms with E-state index in [9.17, 15) is 9.59 Å². The Kier molecular flexibility index (Phi) is 5.41. The van der Waals surface area contributed by atoms with Crippen LogP contribution in [0, 0.1) is 0 Å². The molecule has 2 aliphatic rings. The number of nitrogens with one attached hydrogen (secondary N) is 1. The summed E-state index contributed by atoms with van der Waals surface area (Å²) in [5.41, 5.74) is 0.705. The number of carbonyl (C=O) groups excluding carboxylic acids is 2. The van der Waals surface area contributed by atoms with Crippen LogP contribution < -0.4 is 10.1 Å². The summed E-state index contributed by atoms with van der Waals surface area (Å²) < 4.78 is 5.99. The Hall–Kier alpha value is -3.09. The third kappa shape index (κ3) is 4.08. The van der Waals surface area contributed by atoms with Gasteiger partial charge in [-0.15, -0.1) is 0 Å². The zero-order chi connectivity index (χ0) is 19.3. The molecule has 0 radical (unpaired) electrons. The summed E-state index contributed by atoms with van der Waals surface area (Å²) in [5.74, 6) is 0.656. The molecule has 3 amide bonds. The number of aromatic nitrogens is 1. The second-order valence-corrected chi connectivity index (χ2v) is 7.16. The maximum Gasteiger partial charge on any atom is 0.322 e. The van der Waals surface area contributed by atoms with Crippen molar-refractivity contribution in [2.45, 2.75) is 31.4 Å². The number of hydrogen-bond donors (Lipinski definition) is 1. The normalized spacial score (nSPS) is 21.6. The number of pyridine rings is 1. The van der Waals surface area contributed by atoms with Crippen molar-refractivity contribution >= 4 is 17.6 Å². The molecule has 2 saturated heterocycles. The van der Waals surface area contributed by atoms with Crippen LogP contribution in [-0.2, 0) is 4.79 Å². The van der Waals surface area contributed by atoms with Gasteiger partial charge in [0.1, 0.15) is 17.9 Å². The van der Waals surface area contributed by atoms with Crippen LogP contribution in [0.3, 0.4) is 0 Å². The van der Waals surface area contributed by atoms with E-state index < -0.39 is 6.04 Å². The highest BCUT2D eigenvalue weighted by atomic mass is 16.5. The number of carbonyl (C=O) groups is 2. The Morgan fingerprint density at radius 2 is 1.86 bits per heavy atom. The molecule has 7 heteroatoms. The minimum atomic E-state index is -0.511. The fourth-order valence-corrected chi connectivity index (χ4v) is 3.82. The van der Waals surface area contributed by atoms with Crippen molar-refractivity contribution in [3.8, 4) is 5.75 Å². The molecule has 146 valence electrons. The van der Waals surface area contributed by atoms with Crippen molar-refractivity contribution in [1.29, 1.82) is 0 Å². The summed E-state index contributed by atoms with van der Waals surface area (Å²) >= 11 is 0. The molecule has 28 heavy (non-hydrogen) atoms. The first-order chi connectivity index (χ1) is 13.7. The van der Waals surface area contributed by atoms with Gasteiger partial charge in [0.25, 0.3) is 0 Å². The number of hydrogen-bond acceptors (Lipinski definition) is 4. The summed E-state index contributed by atoms with van der Waals surface area (Å²) in [5, 5.41) is 2.89. The van der Waals surface area contributed by atoms with Crippen molar-refractivity contribution in [3.63, 3.8) is 0 Å². The molecule has 0 bridgehead atoms. The number of rotatable bonds is 4. The van der Waals surface area contributed by atoms with Gasteiger partial charge in [0, 0.05) is 31.4 Å². The van der Waals surface area contributed by atoms with Gasteiger partial charge in [0.2, 0.25) is 5.91 Å². The van der Waals surface area contributed by atoms with Gasteiger partial charge in [-0.2, -0.15) is 0 Å². The minimum Gasteiger partial charge on any atom is -0.487 e. The lowest BCUT2D eigenvalue weighted by Crippen LogP contribution is -2.48. The van der Waals surface area contributed by atoms with E-state index in [1.54, 1.807) is 23.4 Å². The second-order valence-electron chi connectivity index (χ2n) is 7.16. The molecule has 2 fully saturated rings. The number of benzene rings is 1. The van der Waals surface area contributed by atoms with Gasteiger partial charge in [-0.05, 0) is 37.1 Å². The fourth-order valence-electron chi connectivity index (χ4n) is 3.82. The average molecular weight is 380 g/mol. The summed E-state index contributed by atoms with van der Waals surface area (Å²) in [6.07, 6.45) is 5.59. The standard InChI is InChI=1S/C21H24N4O3/c26-20(24-11-4-5-12-24)19-13-18(28-17-9-6-10-22-14-17)15-25(19)21(27)23-16-7-2-1-3-8-16/h1-3,6-10,14,18-19H,4-5,11-13,15H2,(H,23,27)/t18-,19-/m0/s1. The molecule has 2 atom stereocenters. The van der Waals surface area contributed by atoms with E-state index in [1.807, 2.05) is 41.3 Å². The molecular weight excluding hydrogens is 356 g/mol. The highest BCUT2D eigenvalue weighted by Crippen LogP contribution is 2.26. The number of urea groups is 1. The highest BCUT2D eigenvalue weighted by Gasteiger charge is 2.43. The maximum absolute atomic E-state index is 13.0. The number of amides is 3. The van der Waals surface area contributed by atoms with Crippen molar-refractivity contribution < 1.29 is 14.3 Å². The van der Waals surface area contributed by atoms with Crippen LogP contribution in [0.25, 0.3) is 0 Å². The average Bonchev–Trinajstić information content (AvgIpc) is 3.39. The zero-order valence-corrected chi connectivity index (χ0v) is 15.7. The molecule has 3 heterocycles. The van der Waals surface area contributed by atoms with Gasteiger partial charge < -0.3 is 19.9 Å².